The fourth-order valence-electron chi connectivity index (χ4n) is 3.58. The Bertz CT molecular complexity index is 923. The number of rotatable bonds is 9. The molecule has 0 amide bonds. The molecule has 2 heterocycles. The number of sulfonamides is 1. The Balaban J connectivity index is 1.69. The van der Waals surface area contributed by atoms with Crippen LogP contribution < -0.4 is 15.4 Å². The van der Waals surface area contributed by atoms with Crippen LogP contribution in [0.5, 0.6) is 0 Å². The Morgan fingerprint density at radius 3 is 2.67 bits per heavy atom. The SMILES string of the molecule is CCNC(=NCc1cccc(S(=O)(=O)NC)c1)NCC(c1cccs1)N1CCCC1. The summed E-state index contributed by atoms with van der Waals surface area (Å²) >= 11 is 1.79. The first kappa shape index (κ1) is 22.7. The average Bonchev–Trinajstić information content (AvgIpc) is 3.47. The maximum absolute atomic E-state index is 12.0. The van der Waals surface area contributed by atoms with Gasteiger partial charge in [-0.1, -0.05) is 18.2 Å². The van der Waals surface area contributed by atoms with Crippen LogP contribution in [0.4, 0.5) is 0 Å². The van der Waals surface area contributed by atoms with Gasteiger partial charge in [0, 0.05) is 18.0 Å². The van der Waals surface area contributed by atoms with Gasteiger partial charge >= 0.3 is 0 Å². The number of guanidine groups is 1. The van der Waals surface area contributed by atoms with Crippen molar-refractivity contribution in [3.63, 3.8) is 0 Å². The van der Waals surface area contributed by atoms with Gasteiger partial charge in [0.1, 0.15) is 0 Å². The summed E-state index contributed by atoms with van der Waals surface area (Å²) in [6.07, 6.45) is 2.50. The van der Waals surface area contributed by atoms with Crippen LogP contribution in [0, 0.1) is 0 Å². The lowest BCUT2D eigenvalue weighted by molar-refractivity contribution is 0.249. The lowest BCUT2D eigenvalue weighted by Crippen LogP contribution is -2.42. The lowest BCUT2D eigenvalue weighted by atomic mass is 10.2. The van der Waals surface area contributed by atoms with E-state index in [-0.39, 0.29) is 4.90 Å². The first-order valence-corrected chi connectivity index (χ1v) is 12.7. The number of benzene rings is 1. The normalized spacial score (nSPS) is 16.5. The molecule has 7 nitrogen and oxygen atoms in total. The second-order valence-electron chi connectivity index (χ2n) is 7.21. The standard InChI is InChI=1S/C21H31N5O2S2/c1-3-23-21(24-15-17-8-6-9-18(14-17)30(27,28)22-2)25-16-19(20-10-7-13-29-20)26-11-4-5-12-26/h6-10,13-14,19,22H,3-5,11-12,15-16H2,1-2H3,(H2,23,24,25). The van der Waals surface area contributed by atoms with E-state index in [4.69, 9.17) is 0 Å². The molecule has 1 unspecified atom stereocenters. The molecule has 164 valence electrons. The van der Waals surface area contributed by atoms with E-state index in [1.807, 2.05) is 13.0 Å². The summed E-state index contributed by atoms with van der Waals surface area (Å²) in [4.78, 5) is 8.83. The maximum atomic E-state index is 12.0. The fourth-order valence-corrected chi connectivity index (χ4v) is 5.24. The number of nitrogens with zero attached hydrogens (tertiary/aromatic N) is 2. The third kappa shape index (κ3) is 6.04. The second kappa shape index (κ2) is 10.9. The Morgan fingerprint density at radius 1 is 1.20 bits per heavy atom. The summed E-state index contributed by atoms with van der Waals surface area (Å²) in [5.41, 5.74) is 0.845. The van der Waals surface area contributed by atoms with Gasteiger partial charge in [0.05, 0.1) is 17.5 Å². The Hall–Kier alpha value is -1.94. The van der Waals surface area contributed by atoms with Crippen LogP contribution >= 0.6 is 11.3 Å². The third-order valence-electron chi connectivity index (χ3n) is 5.16. The monoisotopic (exact) mass is 449 g/mol. The molecule has 1 aliphatic heterocycles. The van der Waals surface area contributed by atoms with Crippen molar-refractivity contribution < 1.29 is 8.42 Å². The van der Waals surface area contributed by atoms with Crippen LogP contribution in [-0.2, 0) is 16.6 Å². The van der Waals surface area contributed by atoms with Gasteiger partial charge in [-0.15, -0.1) is 11.3 Å². The van der Waals surface area contributed by atoms with Crippen LogP contribution in [0.25, 0.3) is 0 Å². The average molecular weight is 450 g/mol. The van der Waals surface area contributed by atoms with Crippen molar-refractivity contribution in [2.24, 2.45) is 4.99 Å². The molecule has 9 heteroatoms. The number of likely N-dealkylation sites (tertiary alicyclic amines) is 1. The number of nitrogens with one attached hydrogen (secondary N) is 3. The Morgan fingerprint density at radius 2 is 2.00 bits per heavy atom. The van der Waals surface area contributed by atoms with Gasteiger partial charge < -0.3 is 10.6 Å². The van der Waals surface area contributed by atoms with Crippen molar-refractivity contribution in [1.29, 1.82) is 0 Å². The molecule has 1 atom stereocenters. The number of hydrogen-bond donors (Lipinski definition) is 3. The molecule has 2 aromatic rings. The van der Waals surface area contributed by atoms with Crippen LogP contribution in [-0.4, -0.2) is 52.5 Å². The molecule has 0 bridgehead atoms. The third-order valence-corrected chi connectivity index (χ3v) is 7.54. The molecule has 1 aliphatic rings. The molecule has 1 fully saturated rings. The first-order chi connectivity index (χ1) is 14.5. The summed E-state index contributed by atoms with van der Waals surface area (Å²) in [7, 11) is -2.05. The number of aliphatic imine (C=N–C) groups is 1. The zero-order valence-corrected chi connectivity index (χ0v) is 19.2. The largest absolute Gasteiger partial charge is 0.357 e. The van der Waals surface area contributed by atoms with Crippen molar-refractivity contribution in [2.75, 3.05) is 33.2 Å². The highest BCUT2D eigenvalue weighted by molar-refractivity contribution is 7.89. The molecular weight excluding hydrogens is 418 g/mol. The van der Waals surface area contributed by atoms with E-state index < -0.39 is 10.0 Å². The number of hydrogen-bond acceptors (Lipinski definition) is 5. The van der Waals surface area contributed by atoms with E-state index in [1.165, 1.54) is 24.8 Å². The molecule has 0 aliphatic carbocycles. The zero-order chi connectivity index (χ0) is 21.4. The second-order valence-corrected chi connectivity index (χ2v) is 10.1. The molecule has 0 saturated carbocycles. The summed E-state index contributed by atoms with van der Waals surface area (Å²) in [5.74, 6) is 0.736. The van der Waals surface area contributed by atoms with E-state index in [1.54, 1.807) is 29.5 Å². The minimum Gasteiger partial charge on any atom is -0.357 e. The minimum atomic E-state index is -3.46. The van der Waals surface area contributed by atoms with Crippen molar-refractivity contribution in [3.8, 4) is 0 Å². The van der Waals surface area contributed by atoms with Gasteiger partial charge in [-0.2, -0.15) is 0 Å². The van der Waals surface area contributed by atoms with Gasteiger partial charge in [0.2, 0.25) is 10.0 Å². The molecule has 30 heavy (non-hydrogen) atoms. The Labute approximate surface area is 183 Å². The Kier molecular flexibility index (Phi) is 8.26. The van der Waals surface area contributed by atoms with E-state index >= 15 is 0 Å². The highest BCUT2D eigenvalue weighted by Crippen LogP contribution is 2.27. The van der Waals surface area contributed by atoms with Gasteiger partial charge in [0.25, 0.3) is 0 Å². The van der Waals surface area contributed by atoms with Crippen molar-refractivity contribution >= 4 is 27.3 Å². The molecule has 1 aromatic carbocycles. The maximum Gasteiger partial charge on any atom is 0.240 e. The summed E-state index contributed by atoms with van der Waals surface area (Å²) in [6, 6.07) is 11.5. The summed E-state index contributed by atoms with van der Waals surface area (Å²) in [6.45, 7) is 6.23. The van der Waals surface area contributed by atoms with Crippen LogP contribution in [0.1, 0.15) is 36.2 Å². The van der Waals surface area contributed by atoms with Gasteiger partial charge in [0.15, 0.2) is 5.96 Å². The van der Waals surface area contributed by atoms with E-state index in [0.29, 0.717) is 12.6 Å². The van der Waals surface area contributed by atoms with E-state index in [9.17, 15) is 8.42 Å². The van der Waals surface area contributed by atoms with Gasteiger partial charge in [-0.25, -0.2) is 18.1 Å². The minimum absolute atomic E-state index is 0.252. The topological polar surface area (TPSA) is 85.8 Å². The number of thiophene rings is 1. The predicted octanol–water partition coefficient (Wildman–Crippen LogP) is 2.55. The van der Waals surface area contributed by atoms with Gasteiger partial charge in [-0.05, 0) is 69.0 Å². The van der Waals surface area contributed by atoms with E-state index in [2.05, 4.69) is 42.8 Å². The summed E-state index contributed by atoms with van der Waals surface area (Å²) < 4.78 is 26.4. The summed E-state index contributed by atoms with van der Waals surface area (Å²) in [5, 5.41) is 8.91. The smallest absolute Gasteiger partial charge is 0.240 e. The molecule has 1 aromatic heterocycles. The molecule has 3 rings (SSSR count). The predicted molar refractivity (Wildman–Crippen MR) is 123 cm³/mol. The molecule has 0 radical (unpaired) electrons. The highest BCUT2D eigenvalue weighted by Gasteiger charge is 2.24. The van der Waals surface area contributed by atoms with Crippen LogP contribution in [0.2, 0.25) is 0 Å². The zero-order valence-electron chi connectivity index (χ0n) is 17.6. The van der Waals surface area contributed by atoms with Crippen LogP contribution in [0.3, 0.4) is 0 Å². The van der Waals surface area contributed by atoms with Crippen LogP contribution in [0.15, 0.2) is 51.7 Å². The molecule has 1 saturated heterocycles. The molecule has 0 spiro atoms. The lowest BCUT2D eigenvalue weighted by Gasteiger charge is -2.27. The highest BCUT2D eigenvalue weighted by atomic mass is 32.2. The van der Waals surface area contributed by atoms with Gasteiger partial charge in [-0.3, -0.25) is 4.90 Å². The van der Waals surface area contributed by atoms with E-state index in [0.717, 1.165) is 37.7 Å². The quantitative estimate of drug-likeness (QED) is 0.405. The van der Waals surface area contributed by atoms with Crippen molar-refractivity contribution in [3.05, 3.63) is 52.2 Å². The van der Waals surface area contributed by atoms with Crippen molar-refractivity contribution in [1.82, 2.24) is 20.3 Å². The molecular formula is C21H31N5O2S2. The fraction of sp³-hybridized carbons (Fsp3) is 0.476. The van der Waals surface area contributed by atoms with Crippen molar-refractivity contribution in [2.45, 2.75) is 37.2 Å². The first-order valence-electron chi connectivity index (χ1n) is 10.4. The molecule has 3 N–H and O–H groups in total.